The van der Waals surface area contributed by atoms with Crippen molar-refractivity contribution in [1.82, 2.24) is 48.2 Å². The van der Waals surface area contributed by atoms with Crippen LogP contribution in [0.4, 0.5) is 0 Å². The van der Waals surface area contributed by atoms with Gasteiger partial charge in [-0.2, -0.15) is 29.9 Å². The highest BCUT2D eigenvalue weighted by Crippen LogP contribution is 2.38. The third-order valence-corrected chi connectivity index (χ3v) is 13.6. The van der Waals surface area contributed by atoms with Crippen LogP contribution in [0, 0.1) is 5.92 Å². The standard InChI is InChI=1S/C56H38N10O/c1-33-30-31-41-40-22-8-15-29-48(40)66(49(41)32-33)56-60-52(59-55(62-56)65-46-27-13-6-20-38(46)39-21-7-14-28-47(39)65)50(67)51-57-53(63-42-23-9-2-16-34(42)35-17-3-10-24-43(35)63)61-54(58-51)64-44-25-11-4-18-36(44)37-19-5-12-26-45(37)64/h2-6,8-20,22-31,33H,7,21,32H2,1H3. The van der Waals surface area contributed by atoms with Crippen LogP contribution in [-0.2, 0) is 12.8 Å². The molecule has 0 N–H and O–H groups in total. The predicted molar refractivity (Wildman–Crippen MR) is 265 cm³/mol. The van der Waals surface area contributed by atoms with Crippen LogP contribution in [0.25, 0.3) is 101 Å². The largest absolute Gasteiger partial charge is 0.282 e. The highest BCUT2D eigenvalue weighted by Gasteiger charge is 2.29. The van der Waals surface area contributed by atoms with E-state index < -0.39 is 5.78 Å². The van der Waals surface area contributed by atoms with Crippen LogP contribution in [-0.4, -0.2) is 54.0 Å². The van der Waals surface area contributed by atoms with E-state index in [9.17, 15) is 0 Å². The summed E-state index contributed by atoms with van der Waals surface area (Å²) in [6.45, 7) is 2.21. The molecule has 14 rings (SSSR count). The Morgan fingerprint density at radius 1 is 0.463 bits per heavy atom. The molecule has 0 fully saturated rings. The van der Waals surface area contributed by atoms with E-state index in [-0.39, 0.29) is 17.6 Å². The molecule has 0 spiro atoms. The Bertz CT molecular complexity index is 3900. The first kappa shape index (κ1) is 37.5. The Hall–Kier alpha value is -8.83. The van der Waals surface area contributed by atoms with Gasteiger partial charge >= 0.3 is 0 Å². The summed E-state index contributed by atoms with van der Waals surface area (Å²) < 4.78 is 8.22. The number of fused-ring (bicyclic) bond motifs is 12. The number of para-hydroxylation sites is 6. The Kier molecular flexibility index (Phi) is 8.03. The zero-order valence-electron chi connectivity index (χ0n) is 36.2. The van der Waals surface area contributed by atoms with Gasteiger partial charge in [-0.05, 0) is 73.2 Å². The van der Waals surface area contributed by atoms with Crippen LogP contribution in [0.2, 0.25) is 0 Å². The second-order valence-electron chi connectivity index (χ2n) is 17.5. The molecule has 6 heterocycles. The predicted octanol–water partition coefficient (Wildman–Crippen LogP) is 11.5. The molecule has 67 heavy (non-hydrogen) atoms. The molecular formula is C56H38N10O. The number of carbonyl (C=O) groups excluding carboxylic acids is 1. The maximum absolute atomic E-state index is 15.8. The van der Waals surface area contributed by atoms with Crippen LogP contribution in [0.3, 0.4) is 0 Å². The first-order valence-corrected chi connectivity index (χ1v) is 22.7. The van der Waals surface area contributed by atoms with Gasteiger partial charge in [-0.25, -0.2) is 0 Å². The molecule has 1 atom stereocenters. The first-order valence-electron chi connectivity index (χ1n) is 22.7. The maximum Gasteiger partial charge on any atom is 0.267 e. The lowest BCUT2D eigenvalue weighted by Crippen LogP contribution is -2.21. The van der Waals surface area contributed by atoms with Crippen LogP contribution in [0.5, 0.6) is 0 Å². The summed E-state index contributed by atoms with van der Waals surface area (Å²) in [5.41, 5.74) is 9.91. The number of hydrogen-bond acceptors (Lipinski definition) is 7. The minimum Gasteiger partial charge on any atom is -0.282 e. The van der Waals surface area contributed by atoms with Gasteiger partial charge in [0.15, 0.2) is 0 Å². The van der Waals surface area contributed by atoms with Crippen LogP contribution in [0.15, 0.2) is 158 Å². The second kappa shape index (κ2) is 14.3. The van der Waals surface area contributed by atoms with E-state index in [1.54, 1.807) is 0 Å². The number of aryl methyl sites for hydroxylation is 1. The van der Waals surface area contributed by atoms with Crippen molar-refractivity contribution in [2.75, 3.05) is 0 Å². The maximum atomic E-state index is 15.8. The third-order valence-electron chi connectivity index (χ3n) is 13.6. The molecule has 11 nitrogen and oxygen atoms in total. The molecule has 0 aliphatic heterocycles. The quantitative estimate of drug-likeness (QED) is 0.153. The zero-order valence-corrected chi connectivity index (χ0v) is 36.2. The topological polar surface area (TPSA) is 114 Å². The van der Waals surface area contributed by atoms with Crippen molar-refractivity contribution < 1.29 is 4.79 Å². The lowest BCUT2D eigenvalue weighted by Gasteiger charge is -2.17. The molecule has 0 amide bonds. The van der Waals surface area contributed by atoms with Crippen molar-refractivity contribution in [3.8, 4) is 23.8 Å². The number of ketones is 1. The van der Waals surface area contributed by atoms with Gasteiger partial charge in [0.05, 0.1) is 38.8 Å². The fourth-order valence-electron chi connectivity index (χ4n) is 10.7. The summed E-state index contributed by atoms with van der Waals surface area (Å²) >= 11 is 0. The molecule has 11 heteroatoms. The van der Waals surface area contributed by atoms with Crippen LogP contribution in [0.1, 0.15) is 52.3 Å². The minimum absolute atomic E-state index is 0.0789. The molecule has 6 aromatic heterocycles. The normalized spacial score (nSPS) is 14.6. The lowest BCUT2D eigenvalue weighted by atomic mass is 9.95. The fraction of sp³-hybridized carbons (Fsp3) is 0.0893. The van der Waals surface area contributed by atoms with Crippen molar-refractivity contribution in [3.63, 3.8) is 0 Å². The number of hydrogen-bond donors (Lipinski definition) is 0. The van der Waals surface area contributed by atoms with Gasteiger partial charge in [-0.1, -0.05) is 134 Å². The summed E-state index contributed by atoms with van der Waals surface area (Å²) in [5.74, 6) is 0.824. The molecule has 1 unspecified atom stereocenters. The zero-order chi connectivity index (χ0) is 44.3. The van der Waals surface area contributed by atoms with E-state index in [2.05, 4.69) is 125 Å². The molecule has 0 saturated heterocycles. The number of rotatable bonds is 6. The van der Waals surface area contributed by atoms with E-state index in [4.69, 9.17) is 29.9 Å². The molecule has 318 valence electrons. The highest BCUT2D eigenvalue weighted by molar-refractivity contribution is 6.11. The number of benzene rings is 6. The number of aromatic nitrogens is 10. The van der Waals surface area contributed by atoms with Gasteiger partial charge in [0.25, 0.3) is 5.78 Å². The van der Waals surface area contributed by atoms with Crippen molar-refractivity contribution in [3.05, 3.63) is 192 Å². The van der Waals surface area contributed by atoms with Gasteiger partial charge in [-0.3, -0.25) is 23.1 Å². The van der Waals surface area contributed by atoms with Gasteiger partial charge in [0.1, 0.15) is 0 Å². The minimum atomic E-state index is -0.559. The molecule has 0 bridgehead atoms. The smallest absolute Gasteiger partial charge is 0.267 e. The Morgan fingerprint density at radius 2 is 0.866 bits per heavy atom. The Morgan fingerprint density at radius 3 is 1.37 bits per heavy atom. The summed E-state index contributed by atoms with van der Waals surface area (Å²) in [5, 5.41) is 6.38. The molecule has 0 radical (unpaired) electrons. The van der Waals surface area contributed by atoms with E-state index >= 15 is 4.79 Å². The number of allylic oxidation sites excluding steroid dienone is 2. The SMILES string of the molecule is CC1C=Cc2c(n(-c3nc(C(=O)c4nc(-n5c6ccccc6c6ccccc65)nc(-n5c6ccccc6c6ccccc65)n4)nc(-n4c5c(c6ccccc64)CCC=C5)n3)c3ccccc23)C1. The monoisotopic (exact) mass is 866 g/mol. The first-order chi connectivity index (χ1) is 33.1. The number of nitrogens with zero attached hydrogens (tertiary/aromatic N) is 10. The average Bonchev–Trinajstić information content (AvgIpc) is 4.11. The summed E-state index contributed by atoms with van der Waals surface area (Å²) in [7, 11) is 0. The van der Waals surface area contributed by atoms with E-state index in [1.807, 2.05) is 69.8 Å². The van der Waals surface area contributed by atoms with Gasteiger partial charge in [0.2, 0.25) is 35.4 Å². The number of carbonyl (C=O) groups is 1. The molecular weight excluding hydrogens is 829 g/mol. The van der Waals surface area contributed by atoms with Crippen LogP contribution < -0.4 is 0 Å². The summed E-state index contributed by atoms with van der Waals surface area (Å²) in [6, 6.07) is 49.4. The lowest BCUT2D eigenvalue weighted by molar-refractivity contribution is 0.101. The second-order valence-corrected chi connectivity index (χ2v) is 17.5. The van der Waals surface area contributed by atoms with Crippen molar-refractivity contribution in [2.24, 2.45) is 5.92 Å². The van der Waals surface area contributed by atoms with E-state index in [0.29, 0.717) is 23.8 Å². The molecule has 6 aromatic carbocycles. The molecule has 12 aromatic rings. The fourth-order valence-corrected chi connectivity index (χ4v) is 10.7. The van der Waals surface area contributed by atoms with Crippen LogP contribution >= 0.6 is 0 Å². The van der Waals surface area contributed by atoms with Crippen molar-refractivity contribution >= 4 is 83.4 Å². The Balaban J connectivity index is 1.06. The highest BCUT2D eigenvalue weighted by atomic mass is 16.1. The summed E-state index contributed by atoms with van der Waals surface area (Å²) in [4.78, 5) is 46.8. The Labute approximate surface area is 382 Å². The van der Waals surface area contributed by atoms with Gasteiger partial charge in [-0.15, -0.1) is 0 Å². The van der Waals surface area contributed by atoms with E-state index in [1.165, 1.54) is 5.56 Å². The van der Waals surface area contributed by atoms with Crippen molar-refractivity contribution in [2.45, 2.75) is 26.2 Å². The van der Waals surface area contributed by atoms with Gasteiger partial charge in [0, 0.05) is 43.6 Å². The molecule has 2 aliphatic rings. The third kappa shape index (κ3) is 5.54. The molecule has 0 saturated carbocycles. The molecule has 2 aliphatic carbocycles. The van der Waals surface area contributed by atoms with E-state index in [0.717, 1.165) is 102 Å². The average molecular weight is 867 g/mol. The van der Waals surface area contributed by atoms with Crippen molar-refractivity contribution in [1.29, 1.82) is 0 Å². The van der Waals surface area contributed by atoms with Gasteiger partial charge < -0.3 is 0 Å². The summed E-state index contributed by atoms with van der Waals surface area (Å²) in [6.07, 6.45) is 11.4.